The van der Waals surface area contributed by atoms with Gasteiger partial charge in [-0.1, -0.05) is 0 Å². The van der Waals surface area contributed by atoms with Crippen LogP contribution in [0.1, 0.15) is 0 Å². The second-order valence-electron chi connectivity index (χ2n) is 4.08. The minimum Gasteiger partial charge on any atom is -0.378 e. The predicted octanol–water partition coefficient (Wildman–Crippen LogP) is 2.86. The largest absolute Gasteiger partial charge is 0.378 e. The molecule has 0 aliphatic heterocycles. The smallest absolute Gasteiger partial charge is 0.161 e. The van der Waals surface area contributed by atoms with Crippen molar-refractivity contribution in [3.63, 3.8) is 0 Å². The molecule has 0 fully saturated rings. The maximum absolute atomic E-state index is 4.49. The SMILES string of the molecule is CNc1nc(-c2ccc(N(C)C)cc2)ncc1I. The van der Waals surface area contributed by atoms with Gasteiger partial charge in [0.1, 0.15) is 5.82 Å². The first-order chi connectivity index (χ1) is 8.61. The number of nitrogens with one attached hydrogen (secondary N) is 1. The van der Waals surface area contributed by atoms with Gasteiger partial charge in [-0.2, -0.15) is 0 Å². The summed E-state index contributed by atoms with van der Waals surface area (Å²) < 4.78 is 1.02. The molecule has 0 spiro atoms. The van der Waals surface area contributed by atoms with Crippen LogP contribution in [-0.4, -0.2) is 31.1 Å². The van der Waals surface area contributed by atoms with Crippen LogP contribution in [0.5, 0.6) is 0 Å². The Morgan fingerprint density at radius 2 is 1.83 bits per heavy atom. The zero-order chi connectivity index (χ0) is 13.1. The second kappa shape index (κ2) is 5.51. The zero-order valence-corrected chi connectivity index (χ0v) is 12.8. The van der Waals surface area contributed by atoms with Crippen molar-refractivity contribution < 1.29 is 0 Å². The molecule has 1 aromatic heterocycles. The third kappa shape index (κ3) is 2.72. The lowest BCUT2D eigenvalue weighted by Crippen LogP contribution is -2.08. The summed E-state index contributed by atoms with van der Waals surface area (Å²) in [6.45, 7) is 0. The van der Waals surface area contributed by atoms with Gasteiger partial charge in [0.15, 0.2) is 5.82 Å². The molecule has 94 valence electrons. The van der Waals surface area contributed by atoms with Crippen LogP contribution in [0.15, 0.2) is 30.5 Å². The van der Waals surface area contributed by atoms with E-state index in [1.54, 1.807) is 0 Å². The second-order valence-corrected chi connectivity index (χ2v) is 5.24. The minimum atomic E-state index is 0.741. The molecule has 2 aromatic rings. The number of benzene rings is 1. The number of rotatable bonds is 3. The summed E-state index contributed by atoms with van der Waals surface area (Å²) >= 11 is 2.22. The van der Waals surface area contributed by atoms with E-state index in [2.05, 4.69) is 54.9 Å². The molecule has 0 saturated heterocycles. The standard InChI is InChI=1S/C13H15IN4/c1-15-13-11(14)8-16-12(17-13)9-4-6-10(7-5-9)18(2)3/h4-8H,1-3H3,(H,15,16,17). The summed E-state index contributed by atoms with van der Waals surface area (Å²) in [4.78, 5) is 10.9. The Balaban J connectivity index is 2.36. The summed E-state index contributed by atoms with van der Waals surface area (Å²) in [6, 6.07) is 8.21. The minimum absolute atomic E-state index is 0.741. The lowest BCUT2D eigenvalue weighted by molar-refractivity contribution is 1.12. The first kappa shape index (κ1) is 13.1. The van der Waals surface area contributed by atoms with Crippen molar-refractivity contribution in [1.29, 1.82) is 0 Å². The molecule has 5 heteroatoms. The van der Waals surface area contributed by atoms with Gasteiger partial charge in [0.05, 0.1) is 3.57 Å². The first-order valence-corrected chi connectivity index (χ1v) is 6.67. The number of anilines is 2. The Labute approximate surface area is 121 Å². The highest BCUT2D eigenvalue weighted by atomic mass is 127. The van der Waals surface area contributed by atoms with Gasteiger partial charge >= 0.3 is 0 Å². The van der Waals surface area contributed by atoms with Crippen molar-refractivity contribution >= 4 is 34.1 Å². The van der Waals surface area contributed by atoms with Crippen molar-refractivity contribution in [2.45, 2.75) is 0 Å². The average Bonchev–Trinajstić information content (AvgIpc) is 2.39. The molecule has 0 aliphatic rings. The molecule has 1 heterocycles. The Hall–Kier alpha value is -1.37. The molecule has 18 heavy (non-hydrogen) atoms. The van der Waals surface area contributed by atoms with Crippen LogP contribution in [0.4, 0.5) is 11.5 Å². The quantitative estimate of drug-likeness (QED) is 0.861. The maximum Gasteiger partial charge on any atom is 0.161 e. The summed E-state index contributed by atoms with van der Waals surface area (Å²) in [6.07, 6.45) is 1.83. The van der Waals surface area contributed by atoms with Crippen molar-refractivity contribution in [2.24, 2.45) is 0 Å². The predicted molar refractivity (Wildman–Crippen MR) is 84.1 cm³/mol. The lowest BCUT2D eigenvalue weighted by atomic mass is 10.2. The molecule has 1 aromatic carbocycles. The Morgan fingerprint density at radius 1 is 1.17 bits per heavy atom. The fourth-order valence-electron chi connectivity index (χ4n) is 1.59. The highest BCUT2D eigenvalue weighted by Crippen LogP contribution is 2.22. The van der Waals surface area contributed by atoms with Crippen LogP contribution in [0.25, 0.3) is 11.4 Å². The van der Waals surface area contributed by atoms with Crippen molar-refractivity contribution in [2.75, 3.05) is 31.4 Å². The van der Waals surface area contributed by atoms with E-state index < -0.39 is 0 Å². The fraction of sp³-hybridized carbons (Fsp3) is 0.231. The molecule has 0 bridgehead atoms. The van der Waals surface area contributed by atoms with Crippen LogP contribution >= 0.6 is 22.6 Å². The van der Waals surface area contributed by atoms with E-state index in [-0.39, 0.29) is 0 Å². The van der Waals surface area contributed by atoms with Crippen molar-refractivity contribution in [1.82, 2.24) is 9.97 Å². The van der Waals surface area contributed by atoms with Gasteiger partial charge in [-0.25, -0.2) is 9.97 Å². The molecule has 0 radical (unpaired) electrons. The fourth-order valence-corrected chi connectivity index (χ4v) is 2.12. The normalized spacial score (nSPS) is 10.2. The van der Waals surface area contributed by atoms with Crippen LogP contribution < -0.4 is 10.2 Å². The van der Waals surface area contributed by atoms with E-state index >= 15 is 0 Å². The molecule has 0 saturated carbocycles. The number of hydrogen-bond acceptors (Lipinski definition) is 4. The van der Waals surface area contributed by atoms with Crippen LogP contribution in [0, 0.1) is 3.57 Å². The van der Waals surface area contributed by atoms with Crippen molar-refractivity contribution in [3.05, 3.63) is 34.0 Å². The van der Waals surface area contributed by atoms with Gasteiger partial charge in [-0.05, 0) is 46.9 Å². The third-order valence-corrected chi connectivity index (χ3v) is 3.41. The van der Waals surface area contributed by atoms with Gasteiger partial charge in [0.25, 0.3) is 0 Å². The molecule has 0 unspecified atom stereocenters. The van der Waals surface area contributed by atoms with E-state index in [9.17, 15) is 0 Å². The zero-order valence-electron chi connectivity index (χ0n) is 10.6. The number of nitrogens with zero attached hydrogens (tertiary/aromatic N) is 3. The molecule has 1 N–H and O–H groups in total. The van der Waals surface area contributed by atoms with E-state index in [0.717, 1.165) is 26.5 Å². The molecule has 0 amide bonds. The lowest BCUT2D eigenvalue weighted by Gasteiger charge is -2.12. The van der Waals surface area contributed by atoms with Crippen molar-refractivity contribution in [3.8, 4) is 11.4 Å². The average molecular weight is 354 g/mol. The Bertz CT molecular complexity index is 537. The van der Waals surface area contributed by atoms with Gasteiger partial charge in [0, 0.05) is 38.6 Å². The molecule has 2 rings (SSSR count). The van der Waals surface area contributed by atoms with Crippen LogP contribution in [0.2, 0.25) is 0 Å². The Kier molecular flexibility index (Phi) is 4.00. The van der Waals surface area contributed by atoms with E-state index in [0.29, 0.717) is 0 Å². The molecule has 0 aliphatic carbocycles. The molecular weight excluding hydrogens is 339 g/mol. The van der Waals surface area contributed by atoms with E-state index in [1.807, 2.05) is 39.5 Å². The Morgan fingerprint density at radius 3 is 2.39 bits per heavy atom. The highest BCUT2D eigenvalue weighted by Gasteiger charge is 2.06. The number of aromatic nitrogens is 2. The number of halogens is 1. The van der Waals surface area contributed by atoms with Gasteiger partial charge in [-0.15, -0.1) is 0 Å². The monoisotopic (exact) mass is 354 g/mol. The highest BCUT2D eigenvalue weighted by molar-refractivity contribution is 14.1. The van der Waals surface area contributed by atoms with E-state index in [4.69, 9.17) is 0 Å². The van der Waals surface area contributed by atoms with Gasteiger partial charge < -0.3 is 10.2 Å². The van der Waals surface area contributed by atoms with Crippen LogP contribution in [0.3, 0.4) is 0 Å². The van der Waals surface area contributed by atoms with Crippen LogP contribution in [-0.2, 0) is 0 Å². The van der Waals surface area contributed by atoms with Gasteiger partial charge in [0.2, 0.25) is 0 Å². The molecular formula is C13H15IN4. The molecule has 4 nitrogen and oxygen atoms in total. The summed E-state index contributed by atoms with van der Waals surface area (Å²) in [5.74, 6) is 1.60. The third-order valence-electron chi connectivity index (χ3n) is 2.62. The maximum atomic E-state index is 4.49. The van der Waals surface area contributed by atoms with E-state index in [1.165, 1.54) is 0 Å². The molecule has 0 atom stereocenters. The summed E-state index contributed by atoms with van der Waals surface area (Å²) in [5.41, 5.74) is 2.19. The summed E-state index contributed by atoms with van der Waals surface area (Å²) in [7, 11) is 5.91. The van der Waals surface area contributed by atoms with Gasteiger partial charge in [-0.3, -0.25) is 0 Å². The first-order valence-electron chi connectivity index (χ1n) is 5.60. The number of hydrogen-bond donors (Lipinski definition) is 1. The summed E-state index contributed by atoms with van der Waals surface area (Å²) in [5, 5.41) is 3.07. The topological polar surface area (TPSA) is 41.1 Å².